The molecule has 2 aromatic carbocycles. The first-order valence-corrected chi connectivity index (χ1v) is 6.00. The van der Waals surface area contributed by atoms with Crippen LogP contribution in [0.5, 0.6) is 23.0 Å². The van der Waals surface area contributed by atoms with Crippen molar-refractivity contribution in [3.8, 4) is 34.1 Å². The van der Waals surface area contributed by atoms with Crippen LogP contribution < -0.4 is 9.47 Å². The van der Waals surface area contributed by atoms with E-state index in [2.05, 4.69) is 0 Å². The number of phenols is 2. The Hall–Kier alpha value is -2.36. The Bertz CT molecular complexity index is 662. The van der Waals surface area contributed by atoms with Gasteiger partial charge in [0.1, 0.15) is 0 Å². The molecule has 0 fully saturated rings. The van der Waals surface area contributed by atoms with Gasteiger partial charge in [0.05, 0.1) is 0 Å². The molecule has 2 aromatic rings. The first kappa shape index (κ1) is 11.7. The lowest BCUT2D eigenvalue weighted by molar-refractivity contribution is 0.174. The Balaban J connectivity index is 2.32. The Morgan fingerprint density at radius 2 is 1.84 bits per heavy atom. The lowest BCUT2D eigenvalue weighted by atomic mass is 9.96. The van der Waals surface area contributed by atoms with Crippen LogP contribution in [0.3, 0.4) is 0 Å². The van der Waals surface area contributed by atoms with Crippen molar-refractivity contribution in [3.63, 3.8) is 0 Å². The van der Waals surface area contributed by atoms with E-state index in [1.165, 1.54) is 6.07 Å². The molecule has 0 spiro atoms. The summed E-state index contributed by atoms with van der Waals surface area (Å²) in [5.74, 6) is 0.991. The summed E-state index contributed by atoms with van der Waals surface area (Å²) in [6.45, 7) is 3.96. The maximum absolute atomic E-state index is 10.1. The third kappa shape index (κ3) is 1.76. The number of hydrogen-bond donors (Lipinski definition) is 2. The topological polar surface area (TPSA) is 58.9 Å². The minimum atomic E-state index is -0.141. The van der Waals surface area contributed by atoms with Gasteiger partial charge in [-0.2, -0.15) is 0 Å². The molecule has 1 heterocycles. The highest BCUT2D eigenvalue weighted by Crippen LogP contribution is 2.48. The average molecular weight is 258 g/mol. The lowest BCUT2D eigenvalue weighted by Crippen LogP contribution is -1.94. The van der Waals surface area contributed by atoms with Crippen LogP contribution in [0.2, 0.25) is 0 Å². The summed E-state index contributed by atoms with van der Waals surface area (Å²) in [4.78, 5) is 0. The molecular formula is C15H14O4. The number of ether oxygens (including phenoxy) is 2. The third-order valence-corrected chi connectivity index (χ3v) is 3.25. The molecule has 19 heavy (non-hydrogen) atoms. The molecular weight excluding hydrogens is 244 g/mol. The van der Waals surface area contributed by atoms with E-state index in [1.54, 1.807) is 0 Å². The van der Waals surface area contributed by atoms with Gasteiger partial charge in [-0.25, -0.2) is 0 Å². The molecule has 0 aliphatic carbocycles. The highest BCUT2D eigenvalue weighted by molar-refractivity contribution is 5.83. The van der Waals surface area contributed by atoms with Gasteiger partial charge in [0.15, 0.2) is 23.0 Å². The zero-order chi connectivity index (χ0) is 13.6. The van der Waals surface area contributed by atoms with Crippen molar-refractivity contribution < 1.29 is 19.7 Å². The van der Waals surface area contributed by atoms with Gasteiger partial charge in [-0.05, 0) is 43.2 Å². The summed E-state index contributed by atoms with van der Waals surface area (Å²) >= 11 is 0. The molecule has 1 aliphatic rings. The Kier molecular flexibility index (Phi) is 2.52. The van der Waals surface area contributed by atoms with E-state index in [0.29, 0.717) is 17.1 Å². The van der Waals surface area contributed by atoms with Crippen molar-refractivity contribution in [2.45, 2.75) is 13.8 Å². The maximum atomic E-state index is 10.1. The molecule has 2 N–H and O–H groups in total. The van der Waals surface area contributed by atoms with Gasteiger partial charge in [0.25, 0.3) is 0 Å². The van der Waals surface area contributed by atoms with Crippen LogP contribution in [0.4, 0.5) is 0 Å². The van der Waals surface area contributed by atoms with E-state index >= 15 is 0 Å². The minimum Gasteiger partial charge on any atom is -0.504 e. The first-order chi connectivity index (χ1) is 9.08. The summed E-state index contributed by atoms with van der Waals surface area (Å²) < 4.78 is 10.8. The number of aryl methyl sites for hydroxylation is 2. The zero-order valence-corrected chi connectivity index (χ0v) is 10.7. The Morgan fingerprint density at radius 1 is 1.05 bits per heavy atom. The van der Waals surface area contributed by atoms with E-state index in [1.807, 2.05) is 32.0 Å². The number of fused-ring (bicyclic) bond motifs is 1. The quantitative estimate of drug-likeness (QED) is 0.772. The van der Waals surface area contributed by atoms with Gasteiger partial charge in [0, 0.05) is 11.1 Å². The summed E-state index contributed by atoms with van der Waals surface area (Å²) in [6.07, 6.45) is 0. The number of phenolic OH excluding ortho intramolecular Hbond substituents is 2. The van der Waals surface area contributed by atoms with E-state index in [-0.39, 0.29) is 18.3 Å². The number of rotatable bonds is 1. The Labute approximate surface area is 110 Å². The van der Waals surface area contributed by atoms with Crippen LogP contribution in [0.25, 0.3) is 11.1 Å². The van der Waals surface area contributed by atoms with Crippen LogP contribution in [0.1, 0.15) is 11.1 Å². The van der Waals surface area contributed by atoms with Gasteiger partial charge in [0.2, 0.25) is 6.79 Å². The summed E-state index contributed by atoms with van der Waals surface area (Å²) in [5, 5.41) is 19.8. The van der Waals surface area contributed by atoms with Gasteiger partial charge < -0.3 is 19.7 Å². The van der Waals surface area contributed by atoms with Crippen LogP contribution in [-0.2, 0) is 0 Å². The van der Waals surface area contributed by atoms with Crippen molar-refractivity contribution >= 4 is 0 Å². The predicted octanol–water partition coefficient (Wildman–Crippen LogP) is 3.11. The van der Waals surface area contributed by atoms with E-state index in [9.17, 15) is 10.2 Å². The van der Waals surface area contributed by atoms with Crippen molar-refractivity contribution in [1.82, 2.24) is 0 Å². The van der Waals surface area contributed by atoms with Gasteiger partial charge in [-0.1, -0.05) is 6.07 Å². The monoisotopic (exact) mass is 258 g/mol. The summed E-state index contributed by atoms with van der Waals surface area (Å²) in [7, 11) is 0. The molecule has 0 aromatic heterocycles. The van der Waals surface area contributed by atoms with Crippen molar-refractivity contribution in [3.05, 3.63) is 35.4 Å². The third-order valence-electron chi connectivity index (χ3n) is 3.25. The van der Waals surface area contributed by atoms with E-state index < -0.39 is 0 Å². The van der Waals surface area contributed by atoms with Crippen LogP contribution in [0.15, 0.2) is 24.3 Å². The standard InChI is InChI=1S/C15H14O4/c1-8-5-10(14(17)11(16)6-8)13-9(2)3-4-12-15(13)19-7-18-12/h3-6,16-17H,7H2,1-2H3. The Morgan fingerprint density at radius 3 is 2.63 bits per heavy atom. The maximum Gasteiger partial charge on any atom is 0.231 e. The normalized spacial score (nSPS) is 12.7. The van der Waals surface area contributed by atoms with E-state index in [0.717, 1.165) is 16.7 Å². The molecule has 0 saturated carbocycles. The highest BCUT2D eigenvalue weighted by Gasteiger charge is 2.23. The molecule has 4 heteroatoms. The fourth-order valence-corrected chi connectivity index (χ4v) is 2.36. The van der Waals surface area contributed by atoms with Crippen LogP contribution in [-0.4, -0.2) is 17.0 Å². The van der Waals surface area contributed by atoms with E-state index in [4.69, 9.17) is 9.47 Å². The molecule has 0 radical (unpaired) electrons. The largest absolute Gasteiger partial charge is 0.504 e. The van der Waals surface area contributed by atoms with Crippen molar-refractivity contribution in [2.75, 3.05) is 6.79 Å². The molecule has 3 rings (SSSR count). The highest BCUT2D eigenvalue weighted by atomic mass is 16.7. The molecule has 0 unspecified atom stereocenters. The zero-order valence-electron chi connectivity index (χ0n) is 10.7. The number of aromatic hydroxyl groups is 2. The lowest BCUT2D eigenvalue weighted by Gasteiger charge is -2.13. The molecule has 1 aliphatic heterocycles. The predicted molar refractivity (Wildman–Crippen MR) is 70.8 cm³/mol. The summed E-state index contributed by atoms with van der Waals surface area (Å²) in [6, 6.07) is 7.09. The minimum absolute atomic E-state index is 0.133. The first-order valence-electron chi connectivity index (χ1n) is 6.00. The molecule has 0 bridgehead atoms. The molecule has 0 atom stereocenters. The molecule has 0 amide bonds. The van der Waals surface area contributed by atoms with Crippen molar-refractivity contribution in [2.24, 2.45) is 0 Å². The van der Waals surface area contributed by atoms with Gasteiger partial charge in [-0.3, -0.25) is 0 Å². The second-order valence-corrected chi connectivity index (χ2v) is 4.67. The average Bonchev–Trinajstić information content (AvgIpc) is 2.82. The smallest absolute Gasteiger partial charge is 0.231 e. The fourth-order valence-electron chi connectivity index (χ4n) is 2.36. The molecule has 98 valence electrons. The fraction of sp³-hybridized carbons (Fsp3) is 0.200. The van der Waals surface area contributed by atoms with Crippen LogP contribution >= 0.6 is 0 Å². The van der Waals surface area contributed by atoms with Crippen molar-refractivity contribution in [1.29, 1.82) is 0 Å². The van der Waals surface area contributed by atoms with Crippen LogP contribution in [0, 0.1) is 13.8 Å². The molecule has 4 nitrogen and oxygen atoms in total. The second-order valence-electron chi connectivity index (χ2n) is 4.67. The summed E-state index contributed by atoms with van der Waals surface area (Å²) in [5.41, 5.74) is 3.12. The number of benzene rings is 2. The molecule has 0 saturated heterocycles. The SMILES string of the molecule is Cc1cc(O)c(O)c(-c2c(C)ccc3c2OCO3)c1. The number of hydrogen-bond acceptors (Lipinski definition) is 4. The van der Waals surface area contributed by atoms with Gasteiger partial charge >= 0.3 is 0 Å². The second kappa shape index (κ2) is 4.09. The van der Waals surface area contributed by atoms with Gasteiger partial charge in [-0.15, -0.1) is 0 Å².